The third kappa shape index (κ3) is 3.09. The number of aryl methyl sites for hydroxylation is 2. The molecule has 0 aliphatic carbocycles. The molecule has 8 heteroatoms. The number of nitrogens with one attached hydrogen (secondary N) is 1. The second-order valence-electron chi connectivity index (χ2n) is 4.51. The van der Waals surface area contributed by atoms with Gasteiger partial charge in [-0.15, -0.1) is 5.11 Å². The van der Waals surface area contributed by atoms with E-state index >= 15 is 0 Å². The van der Waals surface area contributed by atoms with Gasteiger partial charge >= 0.3 is 12.3 Å². The summed E-state index contributed by atoms with van der Waals surface area (Å²) in [6.45, 7) is 3.28. The average molecular weight is 300 g/mol. The van der Waals surface area contributed by atoms with Crippen molar-refractivity contribution in [2.75, 3.05) is 0 Å². The van der Waals surface area contributed by atoms with E-state index in [0.29, 0.717) is 5.69 Å². The van der Waals surface area contributed by atoms with Crippen molar-refractivity contribution in [3.05, 3.63) is 41.2 Å². The topological polar surface area (TPSA) is 53.4 Å². The quantitative estimate of drug-likeness (QED) is 0.640. The molecule has 21 heavy (non-hydrogen) atoms. The van der Waals surface area contributed by atoms with Crippen LogP contribution in [-0.4, -0.2) is 16.6 Å². The highest BCUT2D eigenvalue weighted by Crippen LogP contribution is 2.40. The second-order valence-corrected chi connectivity index (χ2v) is 4.51. The van der Waals surface area contributed by atoms with Crippen molar-refractivity contribution in [2.24, 2.45) is 10.2 Å². The fraction of sp³-hybridized carbons (Fsp3) is 0.308. The molecular formula is C13H12F4N4. The van der Waals surface area contributed by atoms with Gasteiger partial charge in [-0.3, -0.25) is 5.10 Å². The highest BCUT2D eigenvalue weighted by molar-refractivity contribution is 5.49. The molecule has 1 N–H and O–H groups in total. The third-order valence-corrected chi connectivity index (χ3v) is 2.80. The first-order valence-corrected chi connectivity index (χ1v) is 6.02. The molecule has 0 aliphatic rings. The van der Waals surface area contributed by atoms with Gasteiger partial charge in [-0.2, -0.15) is 19.0 Å². The molecule has 0 spiro atoms. The number of nitrogens with zero attached hydrogens (tertiary/aromatic N) is 3. The van der Waals surface area contributed by atoms with Gasteiger partial charge in [0.2, 0.25) is 0 Å². The van der Waals surface area contributed by atoms with E-state index in [4.69, 9.17) is 0 Å². The highest BCUT2D eigenvalue weighted by Gasteiger charge is 2.47. The molecular weight excluding hydrogens is 288 g/mol. The van der Waals surface area contributed by atoms with E-state index < -0.39 is 18.0 Å². The lowest BCUT2D eigenvalue weighted by Gasteiger charge is -2.12. The summed E-state index contributed by atoms with van der Waals surface area (Å²) in [5, 5.41) is 12.9. The zero-order chi connectivity index (χ0) is 15.6. The van der Waals surface area contributed by atoms with E-state index in [-0.39, 0.29) is 11.4 Å². The van der Waals surface area contributed by atoms with Crippen LogP contribution in [0.15, 0.2) is 34.5 Å². The van der Waals surface area contributed by atoms with Crippen LogP contribution in [0.5, 0.6) is 0 Å². The molecule has 1 aromatic heterocycles. The van der Waals surface area contributed by atoms with Crippen LogP contribution in [-0.2, 0) is 5.92 Å². The summed E-state index contributed by atoms with van der Waals surface area (Å²) in [6.07, 6.45) is -3.87. The number of aromatic amines is 1. The van der Waals surface area contributed by atoms with Gasteiger partial charge in [-0.1, -0.05) is 17.7 Å². The predicted octanol–water partition coefficient (Wildman–Crippen LogP) is 4.80. The van der Waals surface area contributed by atoms with E-state index in [1.165, 1.54) is 6.92 Å². The van der Waals surface area contributed by atoms with Gasteiger partial charge < -0.3 is 0 Å². The molecule has 0 radical (unpaired) electrons. The minimum Gasteiger partial charge on any atom is -0.280 e. The molecule has 1 aromatic carbocycles. The molecule has 0 atom stereocenters. The lowest BCUT2D eigenvalue weighted by atomic mass is 10.2. The summed E-state index contributed by atoms with van der Waals surface area (Å²) in [4.78, 5) is 0. The number of H-pyrrole nitrogens is 1. The summed E-state index contributed by atoms with van der Waals surface area (Å²) < 4.78 is 51.6. The monoisotopic (exact) mass is 300 g/mol. The van der Waals surface area contributed by atoms with Gasteiger partial charge in [0.1, 0.15) is 5.69 Å². The zero-order valence-corrected chi connectivity index (χ0v) is 11.2. The number of hydrogen-bond donors (Lipinski definition) is 1. The van der Waals surface area contributed by atoms with Crippen molar-refractivity contribution in [1.82, 2.24) is 10.2 Å². The lowest BCUT2D eigenvalue weighted by molar-refractivity contribution is -0.137. The number of azo groups is 1. The van der Waals surface area contributed by atoms with Crippen LogP contribution >= 0.6 is 0 Å². The van der Waals surface area contributed by atoms with Crippen LogP contribution < -0.4 is 0 Å². The lowest BCUT2D eigenvalue weighted by Crippen LogP contribution is -2.24. The maximum Gasteiger partial charge on any atom is 0.352 e. The Kier molecular flexibility index (Phi) is 4.06. The fourth-order valence-corrected chi connectivity index (χ4v) is 1.60. The van der Waals surface area contributed by atoms with Gasteiger partial charge in [0, 0.05) is 0 Å². The summed E-state index contributed by atoms with van der Waals surface area (Å²) in [7, 11) is 0. The van der Waals surface area contributed by atoms with Crippen LogP contribution in [0.1, 0.15) is 17.0 Å². The van der Waals surface area contributed by atoms with Crippen LogP contribution in [0, 0.1) is 13.8 Å². The molecule has 0 aliphatic heterocycles. The predicted molar refractivity (Wildman–Crippen MR) is 68.6 cm³/mol. The van der Waals surface area contributed by atoms with Crippen molar-refractivity contribution in [2.45, 2.75) is 26.2 Å². The van der Waals surface area contributed by atoms with E-state index in [1.807, 2.05) is 6.92 Å². The highest BCUT2D eigenvalue weighted by atomic mass is 19.3. The summed E-state index contributed by atoms with van der Waals surface area (Å²) in [6, 6.07) is 6.81. The number of benzene rings is 1. The molecule has 2 rings (SSSR count). The van der Waals surface area contributed by atoms with Crippen molar-refractivity contribution < 1.29 is 17.6 Å². The van der Waals surface area contributed by atoms with Crippen LogP contribution in [0.25, 0.3) is 0 Å². The molecule has 0 fully saturated rings. The SMILES string of the molecule is Cc1ccc(N=Nc2c(C(F)(F)C(F)F)n[nH]c2C)cc1. The van der Waals surface area contributed by atoms with Gasteiger partial charge in [0.05, 0.1) is 11.4 Å². The van der Waals surface area contributed by atoms with Crippen LogP contribution in [0.2, 0.25) is 0 Å². The van der Waals surface area contributed by atoms with Crippen molar-refractivity contribution in [1.29, 1.82) is 0 Å². The molecule has 0 saturated heterocycles. The molecule has 0 bridgehead atoms. The Morgan fingerprint density at radius 1 is 1.10 bits per heavy atom. The first-order chi connectivity index (χ1) is 9.82. The number of rotatable bonds is 4. The largest absolute Gasteiger partial charge is 0.352 e. The summed E-state index contributed by atoms with van der Waals surface area (Å²) in [5.74, 6) is -4.38. The maximum absolute atomic E-state index is 13.4. The van der Waals surface area contributed by atoms with Gasteiger partial charge in [0.25, 0.3) is 0 Å². The Morgan fingerprint density at radius 3 is 2.29 bits per heavy atom. The second kappa shape index (κ2) is 5.63. The van der Waals surface area contributed by atoms with Crippen molar-refractivity contribution in [3.8, 4) is 0 Å². The van der Waals surface area contributed by atoms with E-state index in [0.717, 1.165) is 5.56 Å². The first kappa shape index (κ1) is 15.1. The normalized spacial score (nSPS) is 12.5. The minimum absolute atomic E-state index is 0.140. The number of halogens is 4. The Bertz CT molecular complexity index is 647. The molecule has 1 heterocycles. The summed E-state index contributed by atoms with van der Waals surface area (Å²) in [5.41, 5.74) is 0.0822. The number of hydrogen-bond acceptors (Lipinski definition) is 3. The Hall–Kier alpha value is -2.25. The standard InChI is InChI=1S/C13H12F4N4/c1-7-3-5-9(6-4-7)19-20-10-8(2)18-21-11(10)13(16,17)12(14)15/h3-6,12H,1-2H3,(H,18,21). The Labute approximate surface area is 117 Å². The van der Waals surface area contributed by atoms with Crippen LogP contribution in [0.3, 0.4) is 0 Å². The Balaban J connectivity index is 2.36. The minimum atomic E-state index is -4.38. The van der Waals surface area contributed by atoms with Gasteiger partial charge in [0.15, 0.2) is 5.69 Å². The molecule has 2 aromatic rings. The van der Waals surface area contributed by atoms with Crippen molar-refractivity contribution in [3.63, 3.8) is 0 Å². The average Bonchev–Trinajstić information content (AvgIpc) is 2.80. The molecule has 0 unspecified atom stereocenters. The van der Waals surface area contributed by atoms with Gasteiger partial charge in [-0.05, 0) is 26.0 Å². The number of alkyl halides is 4. The maximum atomic E-state index is 13.4. The molecule has 0 amide bonds. The first-order valence-electron chi connectivity index (χ1n) is 6.02. The summed E-state index contributed by atoms with van der Waals surface area (Å²) >= 11 is 0. The molecule has 4 nitrogen and oxygen atoms in total. The van der Waals surface area contributed by atoms with E-state index in [2.05, 4.69) is 20.4 Å². The molecule has 112 valence electrons. The van der Waals surface area contributed by atoms with Gasteiger partial charge in [-0.25, -0.2) is 8.78 Å². The van der Waals surface area contributed by atoms with Crippen molar-refractivity contribution >= 4 is 11.4 Å². The number of aromatic nitrogens is 2. The zero-order valence-electron chi connectivity index (χ0n) is 11.2. The third-order valence-electron chi connectivity index (χ3n) is 2.80. The smallest absolute Gasteiger partial charge is 0.280 e. The molecule has 0 saturated carbocycles. The van der Waals surface area contributed by atoms with E-state index in [9.17, 15) is 17.6 Å². The fourth-order valence-electron chi connectivity index (χ4n) is 1.60. The van der Waals surface area contributed by atoms with E-state index in [1.54, 1.807) is 24.3 Å². The Morgan fingerprint density at radius 2 is 1.71 bits per heavy atom. The van der Waals surface area contributed by atoms with Crippen LogP contribution in [0.4, 0.5) is 28.9 Å².